The van der Waals surface area contributed by atoms with E-state index in [0.717, 1.165) is 23.3 Å². The maximum Gasteiger partial charge on any atom is 0.254 e. The minimum Gasteiger partial charge on any atom is -0.497 e. The van der Waals surface area contributed by atoms with Gasteiger partial charge in [0.15, 0.2) is 0 Å². The van der Waals surface area contributed by atoms with E-state index in [1.807, 2.05) is 60.4 Å². The molecule has 152 valence electrons. The van der Waals surface area contributed by atoms with E-state index in [1.165, 1.54) is 0 Å². The molecule has 0 bridgehead atoms. The summed E-state index contributed by atoms with van der Waals surface area (Å²) < 4.78 is 10.7. The molecule has 3 aromatic rings. The van der Waals surface area contributed by atoms with Gasteiger partial charge in [0.25, 0.3) is 5.91 Å². The Morgan fingerprint density at radius 3 is 2.66 bits per heavy atom. The second-order valence-corrected chi connectivity index (χ2v) is 7.12. The molecular weight excluding hydrogens is 366 g/mol. The number of aryl methyl sites for hydroxylation is 1. The Hall–Kier alpha value is -3.15. The lowest BCUT2D eigenvalue weighted by Crippen LogP contribution is -2.39. The van der Waals surface area contributed by atoms with Gasteiger partial charge in [0.1, 0.15) is 5.75 Å². The number of rotatable bonds is 8. The van der Waals surface area contributed by atoms with Gasteiger partial charge in [0.05, 0.1) is 7.11 Å². The SMILES string of the molecule is CC[C@H](C)N(CCc1nc(-c2cccc(OC)c2)no1)C(=O)c1ccc(C)cc1. The maximum absolute atomic E-state index is 13.0. The molecule has 0 spiro atoms. The molecule has 29 heavy (non-hydrogen) atoms. The van der Waals surface area contributed by atoms with Gasteiger partial charge in [0, 0.05) is 30.1 Å². The fourth-order valence-electron chi connectivity index (χ4n) is 3.06. The fourth-order valence-corrected chi connectivity index (χ4v) is 3.06. The molecule has 0 aliphatic rings. The summed E-state index contributed by atoms with van der Waals surface area (Å²) in [5.74, 6) is 1.78. The van der Waals surface area contributed by atoms with Crippen molar-refractivity contribution in [3.05, 3.63) is 65.5 Å². The van der Waals surface area contributed by atoms with Crippen LogP contribution in [0, 0.1) is 6.92 Å². The Kier molecular flexibility index (Phi) is 6.65. The van der Waals surface area contributed by atoms with Crippen LogP contribution < -0.4 is 4.74 Å². The van der Waals surface area contributed by atoms with Crippen LogP contribution in [0.3, 0.4) is 0 Å². The second kappa shape index (κ2) is 9.37. The van der Waals surface area contributed by atoms with E-state index >= 15 is 0 Å². The highest BCUT2D eigenvalue weighted by Gasteiger charge is 2.21. The molecule has 2 aromatic carbocycles. The van der Waals surface area contributed by atoms with Gasteiger partial charge < -0.3 is 14.2 Å². The van der Waals surface area contributed by atoms with Crippen molar-refractivity contribution in [2.75, 3.05) is 13.7 Å². The molecule has 1 atom stereocenters. The van der Waals surface area contributed by atoms with Gasteiger partial charge in [-0.25, -0.2) is 0 Å². The van der Waals surface area contributed by atoms with Crippen molar-refractivity contribution < 1.29 is 14.1 Å². The molecule has 0 saturated carbocycles. The zero-order valence-electron chi connectivity index (χ0n) is 17.4. The summed E-state index contributed by atoms with van der Waals surface area (Å²) in [6.45, 7) is 6.66. The zero-order valence-corrected chi connectivity index (χ0v) is 17.4. The Bertz CT molecular complexity index is 950. The van der Waals surface area contributed by atoms with Crippen LogP contribution >= 0.6 is 0 Å². The van der Waals surface area contributed by atoms with E-state index in [2.05, 4.69) is 24.0 Å². The summed E-state index contributed by atoms with van der Waals surface area (Å²) in [7, 11) is 1.62. The topological polar surface area (TPSA) is 68.5 Å². The number of hydrogen-bond donors (Lipinski definition) is 0. The van der Waals surface area contributed by atoms with Crippen LogP contribution in [0.1, 0.15) is 42.1 Å². The van der Waals surface area contributed by atoms with Crippen LogP contribution in [-0.4, -0.2) is 40.6 Å². The quantitative estimate of drug-likeness (QED) is 0.562. The van der Waals surface area contributed by atoms with Gasteiger partial charge in [0.2, 0.25) is 11.7 Å². The molecule has 0 unspecified atom stereocenters. The van der Waals surface area contributed by atoms with Crippen molar-refractivity contribution in [1.82, 2.24) is 15.0 Å². The molecule has 0 radical (unpaired) electrons. The highest BCUT2D eigenvalue weighted by atomic mass is 16.5. The predicted molar refractivity (Wildman–Crippen MR) is 112 cm³/mol. The number of carbonyl (C=O) groups is 1. The van der Waals surface area contributed by atoms with Gasteiger partial charge in [-0.3, -0.25) is 4.79 Å². The number of methoxy groups -OCH3 is 1. The monoisotopic (exact) mass is 393 g/mol. The Morgan fingerprint density at radius 1 is 1.21 bits per heavy atom. The summed E-state index contributed by atoms with van der Waals surface area (Å²) in [5.41, 5.74) is 2.65. The van der Waals surface area contributed by atoms with Crippen LogP contribution in [0.2, 0.25) is 0 Å². The lowest BCUT2D eigenvalue weighted by molar-refractivity contribution is 0.0686. The van der Waals surface area contributed by atoms with Crippen molar-refractivity contribution >= 4 is 5.91 Å². The first-order chi connectivity index (χ1) is 14.0. The normalized spacial score (nSPS) is 11.9. The van der Waals surface area contributed by atoms with Gasteiger partial charge in [-0.2, -0.15) is 4.98 Å². The third-order valence-electron chi connectivity index (χ3n) is 5.04. The van der Waals surface area contributed by atoms with E-state index in [-0.39, 0.29) is 11.9 Å². The molecule has 1 aromatic heterocycles. The van der Waals surface area contributed by atoms with Gasteiger partial charge >= 0.3 is 0 Å². The summed E-state index contributed by atoms with van der Waals surface area (Å²) in [4.78, 5) is 19.4. The van der Waals surface area contributed by atoms with Crippen LogP contribution in [0.25, 0.3) is 11.4 Å². The van der Waals surface area contributed by atoms with Crippen LogP contribution in [0.15, 0.2) is 53.1 Å². The van der Waals surface area contributed by atoms with Crippen molar-refractivity contribution in [2.24, 2.45) is 0 Å². The number of aromatic nitrogens is 2. The highest BCUT2D eigenvalue weighted by molar-refractivity contribution is 5.94. The van der Waals surface area contributed by atoms with E-state index in [9.17, 15) is 4.79 Å². The molecule has 0 aliphatic heterocycles. The summed E-state index contributed by atoms with van der Waals surface area (Å²) in [6, 6.07) is 15.3. The minimum absolute atomic E-state index is 0.0203. The number of nitrogens with zero attached hydrogens (tertiary/aromatic N) is 3. The largest absolute Gasteiger partial charge is 0.497 e. The van der Waals surface area contributed by atoms with E-state index in [1.54, 1.807) is 7.11 Å². The van der Waals surface area contributed by atoms with E-state index in [0.29, 0.717) is 30.2 Å². The van der Waals surface area contributed by atoms with Gasteiger partial charge in [-0.1, -0.05) is 41.9 Å². The molecule has 1 heterocycles. The van der Waals surface area contributed by atoms with Crippen molar-refractivity contribution in [3.63, 3.8) is 0 Å². The summed E-state index contributed by atoms with van der Waals surface area (Å²) in [5, 5.41) is 4.07. The molecular formula is C23H27N3O3. The first kappa shape index (κ1) is 20.6. The molecule has 1 amide bonds. The molecule has 6 nitrogen and oxygen atoms in total. The van der Waals surface area contributed by atoms with Crippen LogP contribution in [-0.2, 0) is 6.42 Å². The average molecular weight is 393 g/mol. The Morgan fingerprint density at radius 2 is 1.97 bits per heavy atom. The number of benzene rings is 2. The number of ether oxygens (including phenoxy) is 1. The molecule has 6 heteroatoms. The zero-order chi connectivity index (χ0) is 20.8. The molecule has 0 saturated heterocycles. The van der Waals surface area contributed by atoms with Gasteiger partial charge in [-0.05, 0) is 44.5 Å². The number of amides is 1. The lowest BCUT2D eigenvalue weighted by Gasteiger charge is -2.28. The summed E-state index contributed by atoms with van der Waals surface area (Å²) >= 11 is 0. The van der Waals surface area contributed by atoms with E-state index < -0.39 is 0 Å². The van der Waals surface area contributed by atoms with Gasteiger partial charge in [-0.15, -0.1) is 0 Å². The van der Waals surface area contributed by atoms with Crippen molar-refractivity contribution in [2.45, 2.75) is 39.7 Å². The van der Waals surface area contributed by atoms with Crippen molar-refractivity contribution in [1.29, 1.82) is 0 Å². The number of hydrogen-bond acceptors (Lipinski definition) is 5. The predicted octanol–water partition coefficient (Wildman–Crippen LogP) is 4.54. The molecule has 0 fully saturated rings. The third-order valence-corrected chi connectivity index (χ3v) is 5.04. The minimum atomic E-state index is 0.0203. The smallest absolute Gasteiger partial charge is 0.254 e. The van der Waals surface area contributed by atoms with Crippen molar-refractivity contribution in [3.8, 4) is 17.1 Å². The maximum atomic E-state index is 13.0. The summed E-state index contributed by atoms with van der Waals surface area (Å²) in [6.07, 6.45) is 1.37. The molecule has 0 aliphatic carbocycles. The number of carbonyl (C=O) groups excluding carboxylic acids is 1. The third kappa shape index (κ3) is 5.02. The van der Waals surface area contributed by atoms with Crippen LogP contribution in [0.4, 0.5) is 0 Å². The Labute approximate surface area is 171 Å². The first-order valence-electron chi connectivity index (χ1n) is 9.86. The standard InChI is InChI=1S/C23H27N3O3/c1-5-17(3)26(23(27)18-11-9-16(2)10-12-18)14-13-21-24-22(25-29-21)19-7-6-8-20(15-19)28-4/h6-12,15,17H,5,13-14H2,1-4H3/t17-/m0/s1. The van der Waals surface area contributed by atoms with E-state index in [4.69, 9.17) is 9.26 Å². The van der Waals surface area contributed by atoms with Crippen LogP contribution in [0.5, 0.6) is 5.75 Å². The lowest BCUT2D eigenvalue weighted by atomic mass is 10.1. The highest BCUT2D eigenvalue weighted by Crippen LogP contribution is 2.21. The molecule has 0 N–H and O–H groups in total. The average Bonchev–Trinajstić information content (AvgIpc) is 3.23. The second-order valence-electron chi connectivity index (χ2n) is 7.12. The first-order valence-corrected chi connectivity index (χ1v) is 9.86. The molecule has 3 rings (SSSR count). The fraction of sp³-hybridized carbons (Fsp3) is 0.348. The Balaban J connectivity index is 1.72.